The van der Waals surface area contributed by atoms with E-state index in [4.69, 9.17) is 9.47 Å². The van der Waals surface area contributed by atoms with Gasteiger partial charge in [0.2, 0.25) is 0 Å². The quantitative estimate of drug-likeness (QED) is 0.865. The van der Waals surface area contributed by atoms with E-state index < -0.39 is 0 Å². The maximum absolute atomic E-state index is 5.92. The van der Waals surface area contributed by atoms with Crippen LogP contribution in [0, 0.1) is 0 Å². The number of halogens is 1. The lowest BCUT2D eigenvalue weighted by Crippen LogP contribution is -2.30. The van der Waals surface area contributed by atoms with Crippen molar-refractivity contribution in [1.29, 1.82) is 0 Å². The van der Waals surface area contributed by atoms with E-state index in [9.17, 15) is 0 Å². The summed E-state index contributed by atoms with van der Waals surface area (Å²) in [5.41, 5.74) is 2.12. The molecule has 1 aliphatic rings. The number of amidine groups is 1. The van der Waals surface area contributed by atoms with E-state index >= 15 is 0 Å². The number of nitrogens with one attached hydrogen (secondary N) is 1. The van der Waals surface area contributed by atoms with Crippen LogP contribution in [0.25, 0.3) is 0 Å². The van der Waals surface area contributed by atoms with Crippen molar-refractivity contribution in [3.8, 4) is 11.5 Å². The average Bonchev–Trinajstić information content (AvgIpc) is 2.61. The summed E-state index contributed by atoms with van der Waals surface area (Å²) in [5.74, 6) is 2.36. The maximum Gasteiger partial charge on any atom is 0.161 e. The molecule has 3 rings (SSSR count). The predicted molar refractivity (Wildman–Crippen MR) is 95.5 cm³/mol. The highest BCUT2D eigenvalue weighted by molar-refractivity contribution is 9.10. The molecule has 120 valence electrons. The van der Waals surface area contributed by atoms with Crippen molar-refractivity contribution in [3.05, 3.63) is 58.1 Å². The van der Waals surface area contributed by atoms with E-state index in [0.29, 0.717) is 12.4 Å². The summed E-state index contributed by atoms with van der Waals surface area (Å²) in [6.07, 6.45) is 1.08. The molecule has 0 saturated carbocycles. The van der Waals surface area contributed by atoms with Gasteiger partial charge in [-0.1, -0.05) is 34.1 Å². The largest absolute Gasteiger partial charge is 0.493 e. The molecule has 5 heteroatoms. The van der Waals surface area contributed by atoms with Gasteiger partial charge in [0.25, 0.3) is 0 Å². The third-order valence-electron chi connectivity index (χ3n) is 3.68. The van der Waals surface area contributed by atoms with Crippen LogP contribution in [0.4, 0.5) is 0 Å². The number of hydrogen-bond donors (Lipinski definition) is 1. The fraction of sp³-hybridized carbons (Fsp3) is 0.278. The van der Waals surface area contributed by atoms with Crippen molar-refractivity contribution in [3.63, 3.8) is 0 Å². The Morgan fingerprint density at radius 3 is 2.78 bits per heavy atom. The second-order valence-corrected chi connectivity index (χ2v) is 6.11. The molecule has 0 saturated heterocycles. The highest BCUT2D eigenvalue weighted by Crippen LogP contribution is 2.30. The summed E-state index contributed by atoms with van der Waals surface area (Å²) in [6.45, 7) is 2.31. The average molecular weight is 375 g/mol. The Bertz CT molecular complexity index is 716. The third kappa shape index (κ3) is 3.85. The van der Waals surface area contributed by atoms with Crippen LogP contribution in [0.5, 0.6) is 11.5 Å². The number of nitrogens with zero attached hydrogens (tertiary/aromatic N) is 1. The summed E-state index contributed by atoms with van der Waals surface area (Å²) in [6, 6.07) is 13.9. The molecule has 0 fully saturated rings. The van der Waals surface area contributed by atoms with Crippen LogP contribution in [0.3, 0.4) is 0 Å². The minimum Gasteiger partial charge on any atom is -0.493 e. The topological polar surface area (TPSA) is 42.8 Å². The van der Waals surface area contributed by atoms with Crippen molar-refractivity contribution in [2.24, 2.45) is 4.99 Å². The first-order valence-corrected chi connectivity index (χ1v) is 8.40. The van der Waals surface area contributed by atoms with Gasteiger partial charge in [-0.3, -0.25) is 4.99 Å². The lowest BCUT2D eigenvalue weighted by atomic mass is 10.1. The number of ether oxygens (including phenoxy) is 2. The van der Waals surface area contributed by atoms with Crippen molar-refractivity contribution < 1.29 is 9.47 Å². The Labute approximate surface area is 144 Å². The first-order chi connectivity index (χ1) is 11.3. The molecular formula is C18H19BrN2O2. The predicted octanol–water partition coefficient (Wildman–Crippen LogP) is 3.78. The molecule has 1 aliphatic heterocycles. The van der Waals surface area contributed by atoms with Crippen LogP contribution >= 0.6 is 15.9 Å². The first kappa shape index (κ1) is 15.9. The summed E-state index contributed by atoms with van der Waals surface area (Å²) in [5, 5.41) is 3.32. The summed E-state index contributed by atoms with van der Waals surface area (Å²) in [7, 11) is 1.65. The lowest BCUT2D eigenvalue weighted by Gasteiger charge is -2.17. The van der Waals surface area contributed by atoms with Crippen LogP contribution < -0.4 is 14.8 Å². The number of aliphatic imine (C=N–C) groups is 1. The van der Waals surface area contributed by atoms with Crippen LogP contribution in [-0.2, 0) is 6.61 Å². The molecular weight excluding hydrogens is 356 g/mol. The summed E-state index contributed by atoms with van der Waals surface area (Å²) < 4.78 is 12.4. The Kier molecular flexibility index (Phi) is 5.18. The Morgan fingerprint density at radius 2 is 2.04 bits per heavy atom. The van der Waals surface area contributed by atoms with Crippen molar-refractivity contribution >= 4 is 21.8 Å². The minimum atomic E-state index is 0.482. The van der Waals surface area contributed by atoms with Crippen molar-refractivity contribution in [2.45, 2.75) is 13.0 Å². The lowest BCUT2D eigenvalue weighted by molar-refractivity contribution is 0.284. The molecule has 0 atom stereocenters. The number of hydrogen-bond acceptors (Lipinski definition) is 4. The molecule has 0 radical (unpaired) electrons. The van der Waals surface area contributed by atoms with Gasteiger partial charge in [-0.25, -0.2) is 0 Å². The van der Waals surface area contributed by atoms with Gasteiger partial charge in [0.15, 0.2) is 11.5 Å². The van der Waals surface area contributed by atoms with Crippen LogP contribution in [-0.4, -0.2) is 26.0 Å². The smallest absolute Gasteiger partial charge is 0.161 e. The highest BCUT2D eigenvalue weighted by Gasteiger charge is 2.12. The molecule has 2 aromatic rings. The van der Waals surface area contributed by atoms with Gasteiger partial charge < -0.3 is 14.8 Å². The molecule has 0 amide bonds. The SMILES string of the molecule is COc1cc(C2=NCCCN2)ccc1OCc1ccccc1Br. The maximum atomic E-state index is 5.92. The molecule has 23 heavy (non-hydrogen) atoms. The van der Waals surface area contributed by atoms with E-state index in [1.807, 2.05) is 42.5 Å². The molecule has 4 nitrogen and oxygen atoms in total. The Hall–Kier alpha value is -2.01. The van der Waals surface area contributed by atoms with E-state index in [2.05, 4.69) is 26.2 Å². The zero-order chi connectivity index (χ0) is 16.1. The van der Waals surface area contributed by atoms with E-state index in [-0.39, 0.29) is 0 Å². The summed E-state index contributed by atoms with van der Waals surface area (Å²) >= 11 is 3.53. The molecule has 1 N–H and O–H groups in total. The summed E-state index contributed by atoms with van der Waals surface area (Å²) in [4.78, 5) is 4.51. The second kappa shape index (κ2) is 7.51. The van der Waals surface area contributed by atoms with Crippen molar-refractivity contribution in [2.75, 3.05) is 20.2 Å². The monoisotopic (exact) mass is 374 g/mol. The molecule has 0 aromatic heterocycles. The fourth-order valence-corrected chi connectivity index (χ4v) is 2.83. The molecule has 0 aliphatic carbocycles. The van der Waals surface area contributed by atoms with Gasteiger partial charge in [0.05, 0.1) is 7.11 Å². The van der Waals surface area contributed by atoms with Gasteiger partial charge in [0.1, 0.15) is 12.4 Å². The number of rotatable bonds is 5. The molecule has 2 aromatic carbocycles. The van der Waals surface area contributed by atoms with Gasteiger partial charge in [-0.2, -0.15) is 0 Å². The van der Waals surface area contributed by atoms with Gasteiger partial charge >= 0.3 is 0 Å². The Morgan fingerprint density at radius 1 is 1.17 bits per heavy atom. The highest BCUT2D eigenvalue weighted by atomic mass is 79.9. The van der Waals surface area contributed by atoms with Crippen LogP contribution in [0.15, 0.2) is 51.9 Å². The van der Waals surface area contributed by atoms with Gasteiger partial charge in [0, 0.05) is 28.7 Å². The molecule has 0 spiro atoms. The van der Waals surface area contributed by atoms with E-state index in [1.165, 1.54) is 0 Å². The molecule has 0 bridgehead atoms. The van der Waals surface area contributed by atoms with Gasteiger partial charge in [-0.15, -0.1) is 0 Å². The van der Waals surface area contributed by atoms with Crippen LogP contribution in [0.1, 0.15) is 17.5 Å². The third-order valence-corrected chi connectivity index (χ3v) is 4.45. The second-order valence-electron chi connectivity index (χ2n) is 5.26. The zero-order valence-corrected chi connectivity index (χ0v) is 14.6. The first-order valence-electron chi connectivity index (χ1n) is 7.61. The van der Waals surface area contributed by atoms with Crippen molar-refractivity contribution in [1.82, 2.24) is 5.32 Å². The van der Waals surface area contributed by atoms with E-state index in [1.54, 1.807) is 7.11 Å². The van der Waals surface area contributed by atoms with E-state index in [0.717, 1.165) is 46.7 Å². The fourth-order valence-electron chi connectivity index (χ4n) is 2.43. The number of methoxy groups -OCH3 is 1. The minimum absolute atomic E-state index is 0.482. The van der Waals surface area contributed by atoms with Gasteiger partial charge in [-0.05, 0) is 30.7 Å². The standard InChI is InChI=1S/C18H19BrN2O2/c1-22-17-11-13(18-20-9-4-10-21-18)7-8-16(17)23-12-14-5-2-3-6-15(14)19/h2-3,5-8,11H,4,9-10,12H2,1H3,(H,20,21). The van der Waals surface area contributed by atoms with Crippen LogP contribution in [0.2, 0.25) is 0 Å². The molecule has 0 unspecified atom stereocenters. The number of benzene rings is 2. The Balaban J connectivity index is 1.77. The normalized spacial score (nSPS) is 13.9. The zero-order valence-electron chi connectivity index (χ0n) is 13.0. The molecule has 1 heterocycles.